The smallest absolute Gasteiger partial charge is 0.273 e. The Labute approximate surface area is 189 Å². The number of hydrogen-bond acceptors (Lipinski definition) is 6. The summed E-state index contributed by atoms with van der Waals surface area (Å²) in [6, 6.07) is 23.1. The molecule has 4 rings (SSSR count). The van der Waals surface area contributed by atoms with Crippen LogP contribution in [0.5, 0.6) is 23.0 Å². The zero-order valence-corrected chi connectivity index (χ0v) is 17.6. The summed E-state index contributed by atoms with van der Waals surface area (Å²) in [5, 5.41) is 19.7. The molecule has 0 bridgehead atoms. The van der Waals surface area contributed by atoms with E-state index >= 15 is 0 Å². The molecule has 7 heteroatoms. The molecule has 1 aromatic heterocycles. The van der Waals surface area contributed by atoms with Crippen LogP contribution < -0.4 is 15.0 Å². The van der Waals surface area contributed by atoms with Gasteiger partial charge in [0.1, 0.15) is 28.9 Å². The zero-order chi connectivity index (χ0) is 23.4. The Morgan fingerprint density at radius 1 is 0.970 bits per heavy atom. The standard InChI is InChI=1S/C26H18N2O5/c1-32-20-11-12-23(29)21(14-20)25(30)18-13-17(15-27)26(31)28(16-18)22-9-5-6-10-24(22)33-19-7-3-2-4-8-19/h2-14,16,29H,1H3. The number of benzene rings is 3. The third-order valence-electron chi connectivity index (χ3n) is 4.94. The monoisotopic (exact) mass is 438 g/mol. The molecule has 0 atom stereocenters. The Kier molecular flexibility index (Phi) is 5.92. The van der Waals surface area contributed by atoms with Gasteiger partial charge in [0.15, 0.2) is 11.5 Å². The molecule has 1 N–H and O–H groups in total. The fraction of sp³-hybridized carbons (Fsp3) is 0.0385. The maximum atomic E-state index is 13.2. The first-order valence-corrected chi connectivity index (χ1v) is 9.92. The first kappa shape index (κ1) is 21.4. The minimum atomic E-state index is -0.604. The Balaban J connectivity index is 1.86. The quantitative estimate of drug-likeness (QED) is 0.447. The molecular formula is C26H18N2O5. The van der Waals surface area contributed by atoms with E-state index in [0.717, 1.165) is 0 Å². The third-order valence-corrected chi connectivity index (χ3v) is 4.94. The van der Waals surface area contributed by atoms with Gasteiger partial charge in [0, 0.05) is 11.8 Å². The number of nitriles is 1. The predicted octanol–water partition coefficient (Wildman–Crippen LogP) is 4.45. The van der Waals surface area contributed by atoms with Crippen LogP contribution in [0.1, 0.15) is 21.5 Å². The van der Waals surface area contributed by atoms with E-state index in [-0.39, 0.29) is 22.4 Å². The molecule has 0 saturated carbocycles. The molecule has 0 aliphatic rings. The van der Waals surface area contributed by atoms with Gasteiger partial charge in [-0.2, -0.15) is 5.26 Å². The minimum Gasteiger partial charge on any atom is -0.507 e. The number of nitrogens with zero attached hydrogens (tertiary/aromatic N) is 2. The third kappa shape index (κ3) is 4.31. The molecule has 33 heavy (non-hydrogen) atoms. The van der Waals surface area contributed by atoms with E-state index in [2.05, 4.69) is 0 Å². The van der Waals surface area contributed by atoms with Crippen LogP contribution in [-0.4, -0.2) is 22.6 Å². The van der Waals surface area contributed by atoms with Crippen molar-refractivity contribution < 1.29 is 19.4 Å². The lowest BCUT2D eigenvalue weighted by molar-refractivity contribution is 0.103. The molecule has 0 aliphatic carbocycles. The molecule has 0 radical (unpaired) electrons. The van der Waals surface area contributed by atoms with Crippen molar-refractivity contribution in [3.63, 3.8) is 0 Å². The van der Waals surface area contributed by atoms with E-state index < -0.39 is 11.3 Å². The highest BCUT2D eigenvalue weighted by atomic mass is 16.5. The predicted molar refractivity (Wildman–Crippen MR) is 121 cm³/mol. The Morgan fingerprint density at radius 2 is 1.70 bits per heavy atom. The molecule has 0 amide bonds. The van der Waals surface area contributed by atoms with Crippen LogP contribution in [0.4, 0.5) is 0 Å². The number of ketones is 1. The van der Waals surface area contributed by atoms with Gasteiger partial charge in [-0.1, -0.05) is 30.3 Å². The second-order valence-electron chi connectivity index (χ2n) is 7.02. The molecule has 1 heterocycles. The number of ether oxygens (including phenoxy) is 2. The molecule has 0 spiro atoms. The number of aromatic nitrogens is 1. The second-order valence-corrected chi connectivity index (χ2v) is 7.02. The highest BCUT2D eigenvalue weighted by Gasteiger charge is 2.20. The molecule has 0 unspecified atom stereocenters. The number of phenolic OH excluding ortho intramolecular Hbond substituents is 1. The van der Waals surface area contributed by atoms with Gasteiger partial charge in [0.25, 0.3) is 5.56 Å². The van der Waals surface area contributed by atoms with Crippen LogP contribution in [0, 0.1) is 11.3 Å². The maximum Gasteiger partial charge on any atom is 0.273 e. The Bertz CT molecular complexity index is 1440. The number of pyridine rings is 1. The summed E-state index contributed by atoms with van der Waals surface area (Å²) in [4.78, 5) is 26.2. The van der Waals surface area contributed by atoms with Crippen molar-refractivity contribution in [3.05, 3.63) is 112 Å². The van der Waals surface area contributed by atoms with E-state index in [0.29, 0.717) is 22.9 Å². The van der Waals surface area contributed by atoms with Crippen molar-refractivity contribution in [3.8, 4) is 34.8 Å². The first-order chi connectivity index (χ1) is 16.0. The number of carbonyl (C=O) groups excluding carboxylic acids is 1. The second kappa shape index (κ2) is 9.12. The Morgan fingerprint density at radius 3 is 2.42 bits per heavy atom. The van der Waals surface area contributed by atoms with Crippen LogP contribution in [0.3, 0.4) is 0 Å². The van der Waals surface area contributed by atoms with Gasteiger partial charge in [-0.15, -0.1) is 0 Å². The molecule has 162 valence electrons. The number of carbonyl (C=O) groups is 1. The number of hydrogen-bond donors (Lipinski definition) is 1. The molecule has 4 aromatic rings. The van der Waals surface area contributed by atoms with Gasteiger partial charge in [-0.25, -0.2) is 0 Å². The zero-order valence-electron chi connectivity index (χ0n) is 17.6. The lowest BCUT2D eigenvalue weighted by Crippen LogP contribution is -2.23. The summed E-state index contributed by atoms with van der Waals surface area (Å²) in [7, 11) is 1.44. The number of methoxy groups -OCH3 is 1. The molecular weight excluding hydrogens is 420 g/mol. The van der Waals surface area contributed by atoms with E-state index in [1.165, 1.54) is 42.1 Å². The van der Waals surface area contributed by atoms with Gasteiger partial charge >= 0.3 is 0 Å². The van der Waals surface area contributed by atoms with Crippen molar-refractivity contribution in [2.24, 2.45) is 0 Å². The van der Waals surface area contributed by atoms with Crippen LogP contribution in [0.15, 0.2) is 89.9 Å². The van der Waals surface area contributed by atoms with E-state index in [9.17, 15) is 20.0 Å². The lowest BCUT2D eigenvalue weighted by Gasteiger charge is -2.14. The summed E-state index contributed by atoms with van der Waals surface area (Å²) in [5.41, 5.74) is -0.445. The Hall–Kier alpha value is -4.83. The number of aromatic hydroxyl groups is 1. The fourth-order valence-electron chi connectivity index (χ4n) is 3.30. The fourth-order valence-corrected chi connectivity index (χ4v) is 3.30. The average Bonchev–Trinajstić information content (AvgIpc) is 2.85. The average molecular weight is 438 g/mol. The van der Waals surface area contributed by atoms with Crippen LogP contribution in [-0.2, 0) is 0 Å². The SMILES string of the molecule is COc1ccc(O)c(C(=O)c2cc(C#N)c(=O)n(-c3ccccc3Oc3ccccc3)c2)c1. The summed E-state index contributed by atoms with van der Waals surface area (Å²) in [6.07, 6.45) is 1.33. The topological polar surface area (TPSA) is 102 Å². The van der Waals surface area contributed by atoms with Crippen molar-refractivity contribution >= 4 is 5.78 Å². The minimum absolute atomic E-state index is 0.0164. The van der Waals surface area contributed by atoms with E-state index in [4.69, 9.17) is 9.47 Å². The van der Waals surface area contributed by atoms with E-state index in [1.54, 1.807) is 36.4 Å². The van der Waals surface area contributed by atoms with Crippen LogP contribution in [0.25, 0.3) is 5.69 Å². The first-order valence-electron chi connectivity index (χ1n) is 9.92. The highest BCUT2D eigenvalue weighted by Crippen LogP contribution is 2.29. The normalized spacial score (nSPS) is 10.3. The number of para-hydroxylation sites is 3. The van der Waals surface area contributed by atoms with Crippen LogP contribution in [0.2, 0.25) is 0 Å². The molecule has 0 aliphatic heterocycles. The lowest BCUT2D eigenvalue weighted by atomic mass is 10.0. The molecule has 0 fully saturated rings. The summed E-state index contributed by atoms with van der Waals surface area (Å²) in [5.74, 6) is 0.491. The molecule has 7 nitrogen and oxygen atoms in total. The largest absolute Gasteiger partial charge is 0.507 e. The van der Waals surface area contributed by atoms with Crippen molar-refractivity contribution in [2.75, 3.05) is 7.11 Å². The number of phenols is 1. The maximum absolute atomic E-state index is 13.2. The van der Waals surface area contributed by atoms with Gasteiger partial charge in [0.05, 0.1) is 18.4 Å². The van der Waals surface area contributed by atoms with Gasteiger partial charge < -0.3 is 14.6 Å². The van der Waals surface area contributed by atoms with Gasteiger partial charge in [-0.3, -0.25) is 14.2 Å². The van der Waals surface area contributed by atoms with Crippen LogP contribution >= 0.6 is 0 Å². The number of rotatable bonds is 6. The molecule has 3 aromatic carbocycles. The summed E-state index contributed by atoms with van der Waals surface area (Å²) >= 11 is 0. The highest BCUT2D eigenvalue weighted by molar-refractivity contribution is 6.11. The van der Waals surface area contributed by atoms with Crippen molar-refractivity contribution in [1.82, 2.24) is 4.57 Å². The van der Waals surface area contributed by atoms with Gasteiger partial charge in [0.2, 0.25) is 0 Å². The molecule has 0 saturated heterocycles. The summed E-state index contributed by atoms with van der Waals surface area (Å²) < 4.78 is 12.3. The van der Waals surface area contributed by atoms with Gasteiger partial charge in [-0.05, 0) is 48.5 Å². The van der Waals surface area contributed by atoms with Crippen molar-refractivity contribution in [1.29, 1.82) is 5.26 Å². The van der Waals surface area contributed by atoms with E-state index in [1.807, 2.05) is 24.3 Å². The summed E-state index contributed by atoms with van der Waals surface area (Å²) in [6.45, 7) is 0. The van der Waals surface area contributed by atoms with Crippen molar-refractivity contribution in [2.45, 2.75) is 0 Å².